The molecule has 1 amide bonds. The number of H-pyrrole nitrogens is 1. The third-order valence-corrected chi connectivity index (χ3v) is 4.14. The average Bonchev–Trinajstić information content (AvgIpc) is 2.87. The molecule has 0 saturated heterocycles. The zero-order valence-electron chi connectivity index (χ0n) is 12.0. The third-order valence-electron chi connectivity index (χ3n) is 2.98. The molecule has 1 aromatic heterocycles. The molecule has 106 valence electrons. The monoisotopic (exact) mass is 289 g/mol. The van der Waals surface area contributed by atoms with E-state index in [1.165, 1.54) is 11.1 Å². The van der Waals surface area contributed by atoms with Crippen molar-refractivity contribution in [2.75, 3.05) is 11.1 Å². The Hall–Kier alpha value is -1.75. The van der Waals surface area contributed by atoms with Gasteiger partial charge in [0.2, 0.25) is 5.91 Å². The highest BCUT2D eigenvalue weighted by Crippen LogP contribution is 2.23. The largest absolute Gasteiger partial charge is 0.308 e. The molecule has 0 atom stereocenters. The summed E-state index contributed by atoms with van der Waals surface area (Å²) in [6, 6.07) is 8.13. The molecule has 2 rings (SSSR count). The van der Waals surface area contributed by atoms with Crippen molar-refractivity contribution in [1.29, 1.82) is 0 Å². The molecular formula is C15H19N3OS. The molecule has 0 aliphatic heterocycles. The maximum Gasteiger partial charge on any atom is 0.235 e. The molecule has 1 aromatic carbocycles. The molecule has 0 fully saturated rings. The predicted molar refractivity (Wildman–Crippen MR) is 83.2 cm³/mol. The fourth-order valence-electron chi connectivity index (χ4n) is 1.79. The number of amides is 1. The number of aromatic nitrogens is 2. The lowest BCUT2D eigenvalue weighted by Crippen LogP contribution is -2.14. The summed E-state index contributed by atoms with van der Waals surface area (Å²) < 4.78 is 0. The molecule has 0 saturated carbocycles. The minimum atomic E-state index is -0.0370. The number of aromatic amines is 1. The van der Waals surface area contributed by atoms with Gasteiger partial charge in [-0.3, -0.25) is 9.89 Å². The van der Waals surface area contributed by atoms with E-state index in [4.69, 9.17) is 0 Å². The maximum absolute atomic E-state index is 11.9. The van der Waals surface area contributed by atoms with Crippen molar-refractivity contribution >= 4 is 23.5 Å². The number of hydrogen-bond acceptors (Lipinski definition) is 3. The zero-order chi connectivity index (χ0) is 14.5. The molecule has 0 aliphatic carbocycles. The van der Waals surface area contributed by atoms with Gasteiger partial charge < -0.3 is 5.32 Å². The number of thioether (sulfide) groups is 1. The SMILES string of the molecule is CCc1cc(NC(=O)CSc2cc(C)ccc2C)n[nH]1. The summed E-state index contributed by atoms with van der Waals surface area (Å²) in [5.41, 5.74) is 3.42. The van der Waals surface area contributed by atoms with Crippen LogP contribution in [-0.2, 0) is 11.2 Å². The quantitative estimate of drug-likeness (QED) is 0.830. The Bertz CT molecular complexity index is 607. The molecular weight excluding hydrogens is 270 g/mol. The number of nitrogens with one attached hydrogen (secondary N) is 2. The average molecular weight is 289 g/mol. The van der Waals surface area contributed by atoms with Crippen LogP contribution >= 0.6 is 11.8 Å². The number of rotatable bonds is 5. The second-order valence-electron chi connectivity index (χ2n) is 4.74. The van der Waals surface area contributed by atoms with Crippen molar-refractivity contribution in [2.24, 2.45) is 0 Å². The van der Waals surface area contributed by atoms with Crippen molar-refractivity contribution in [3.8, 4) is 0 Å². The minimum Gasteiger partial charge on any atom is -0.308 e. The fourth-order valence-corrected chi connectivity index (χ4v) is 2.72. The van der Waals surface area contributed by atoms with E-state index in [-0.39, 0.29) is 5.91 Å². The highest BCUT2D eigenvalue weighted by Gasteiger charge is 2.07. The molecule has 4 nitrogen and oxygen atoms in total. The molecule has 0 bridgehead atoms. The van der Waals surface area contributed by atoms with E-state index < -0.39 is 0 Å². The molecule has 0 aliphatic rings. The van der Waals surface area contributed by atoms with Gasteiger partial charge in [-0.2, -0.15) is 5.10 Å². The summed E-state index contributed by atoms with van der Waals surface area (Å²) in [5.74, 6) is 0.942. The van der Waals surface area contributed by atoms with E-state index in [2.05, 4.69) is 47.6 Å². The maximum atomic E-state index is 11.9. The van der Waals surface area contributed by atoms with Gasteiger partial charge in [0, 0.05) is 16.7 Å². The topological polar surface area (TPSA) is 57.8 Å². The van der Waals surface area contributed by atoms with E-state index in [0.29, 0.717) is 11.6 Å². The van der Waals surface area contributed by atoms with E-state index in [1.54, 1.807) is 11.8 Å². The number of aryl methyl sites for hydroxylation is 3. The number of hydrogen-bond donors (Lipinski definition) is 2. The Labute approximate surface area is 123 Å². The van der Waals surface area contributed by atoms with Crippen molar-refractivity contribution in [3.05, 3.63) is 41.1 Å². The summed E-state index contributed by atoms with van der Waals surface area (Å²) in [6.07, 6.45) is 0.875. The molecule has 1 heterocycles. The van der Waals surface area contributed by atoms with Gasteiger partial charge in [-0.1, -0.05) is 24.6 Å². The molecule has 5 heteroatoms. The molecule has 0 spiro atoms. The minimum absolute atomic E-state index is 0.0370. The lowest BCUT2D eigenvalue weighted by atomic mass is 10.2. The molecule has 0 radical (unpaired) electrons. The number of nitrogens with zero attached hydrogens (tertiary/aromatic N) is 1. The van der Waals surface area contributed by atoms with Crippen molar-refractivity contribution in [1.82, 2.24) is 10.2 Å². The Kier molecular flexibility index (Phi) is 4.84. The normalized spacial score (nSPS) is 10.6. The number of anilines is 1. The van der Waals surface area contributed by atoms with Crippen LogP contribution in [0.15, 0.2) is 29.2 Å². The van der Waals surface area contributed by atoms with Crippen LogP contribution in [-0.4, -0.2) is 21.9 Å². The van der Waals surface area contributed by atoms with Crippen LogP contribution in [0.3, 0.4) is 0 Å². The fraction of sp³-hybridized carbons (Fsp3) is 0.333. The predicted octanol–water partition coefficient (Wildman–Crippen LogP) is 3.32. The first-order valence-electron chi connectivity index (χ1n) is 6.62. The highest BCUT2D eigenvalue weighted by molar-refractivity contribution is 8.00. The van der Waals surface area contributed by atoms with Gasteiger partial charge in [0.15, 0.2) is 5.82 Å². The van der Waals surface area contributed by atoms with Crippen molar-refractivity contribution in [3.63, 3.8) is 0 Å². The highest BCUT2D eigenvalue weighted by atomic mass is 32.2. The summed E-state index contributed by atoms with van der Waals surface area (Å²) in [5, 5.41) is 9.73. The zero-order valence-corrected chi connectivity index (χ0v) is 12.8. The second-order valence-corrected chi connectivity index (χ2v) is 5.75. The Morgan fingerprint density at radius 1 is 1.35 bits per heavy atom. The van der Waals surface area contributed by atoms with Crippen LogP contribution < -0.4 is 5.32 Å². The van der Waals surface area contributed by atoms with Gasteiger partial charge >= 0.3 is 0 Å². The van der Waals surface area contributed by atoms with Crippen LogP contribution in [0, 0.1) is 13.8 Å². The number of benzene rings is 1. The smallest absolute Gasteiger partial charge is 0.235 e. The van der Waals surface area contributed by atoms with Crippen LogP contribution in [0.5, 0.6) is 0 Å². The van der Waals surface area contributed by atoms with Crippen LogP contribution in [0.1, 0.15) is 23.7 Å². The molecule has 2 aromatic rings. The van der Waals surface area contributed by atoms with Gasteiger partial charge in [0.1, 0.15) is 0 Å². The molecule has 0 unspecified atom stereocenters. The Balaban J connectivity index is 1.90. The summed E-state index contributed by atoms with van der Waals surface area (Å²) in [4.78, 5) is 13.0. The van der Waals surface area contributed by atoms with Gasteiger partial charge in [-0.15, -0.1) is 11.8 Å². The number of carbonyl (C=O) groups excluding carboxylic acids is 1. The standard InChI is InChI=1S/C15H19N3OS/c1-4-12-8-14(18-17-12)16-15(19)9-20-13-7-10(2)5-6-11(13)3/h5-8H,4,9H2,1-3H3,(H2,16,17,18,19). The van der Waals surface area contributed by atoms with E-state index >= 15 is 0 Å². The number of carbonyl (C=O) groups is 1. The Morgan fingerprint density at radius 2 is 2.15 bits per heavy atom. The van der Waals surface area contributed by atoms with Gasteiger partial charge in [0.25, 0.3) is 0 Å². The first-order chi connectivity index (χ1) is 9.58. The van der Waals surface area contributed by atoms with Gasteiger partial charge in [-0.25, -0.2) is 0 Å². The van der Waals surface area contributed by atoms with E-state index in [0.717, 1.165) is 17.0 Å². The van der Waals surface area contributed by atoms with Gasteiger partial charge in [0.05, 0.1) is 5.75 Å². The van der Waals surface area contributed by atoms with Crippen LogP contribution in [0.25, 0.3) is 0 Å². The van der Waals surface area contributed by atoms with Crippen molar-refractivity contribution < 1.29 is 4.79 Å². The van der Waals surface area contributed by atoms with E-state index in [1.807, 2.05) is 13.0 Å². The summed E-state index contributed by atoms with van der Waals surface area (Å²) in [6.45, 7) is 6.15. The van der Waals surface area contributed by atoms with Crippen LogP contribution in [0.4, 0.5) is 5.82 Å². The van der Waals surface area contributed by atoms with Crippen molar-refractivity contribution in [2.45, 2.75) is 32.1 Å². The molecule has 2 N–H and O–H groups in total. The summed E-state index contributed by atoms with van der Waals surface area (Å²) in [7, 11) is 0. The molecule has 20 heavy (non-hydrogen) atoms. The van der Waals surface area contributed by atoms with Gasteiger partial charge in [-0.05, 0) is 31.9 Å². The Morgan fingerprint density at radius 3 is 2.85 bits per heavy atom. The van der Waals surface area contributed by atoms with E-state index in [9.17, 15) is 4.79 Å². The van der Waals surface area contributed by atoms with Crippen LogP contribution in [0.2, 0.25) is 0 Å². The first-order valence-corrected chi connectivity index (χ1v) is 7.61. The lowest BCUT2D eigenvalue weighted by Gasteiger charge is -2.06. The second kappa shape index (κ2) is 6.61. The lowest BCUT2D eigenvalue weighted by molar-refractivity contribution is -0.113. The first kappa shape index (κ1) is 14.7. The summed E-state index contributed by atoms with van der Waals surface area (Å²) >= 11 is 1.55. The third kappa shape index (κ3) is 3.87.